The van der Waals surface area contributed by atoms with Crippen molar-refractivity contribution in [3.63, 3.8) is 0 Å². The number of hydrogen-bond acceptors (Lipinski definition) is 5. The smallest absolute Gasteiger partial charge is 0.318 e. The average Bonchev–Trinajstić information content (AvgIpc) is 3.23. The van der Waals surface area contributed by atoms with Crippen LogP contribution in [0.4, 0.5) is 0 Å². The lowest BCUT2D eigenvalue weighted by Crippen LogP contribution is -2.36. The highest BCUT2D eigenvalue weighted by atomic mass is 16.5. The van der Waals surface area contributed by atoms with Crippen LogP contribution in [0.15, 0.2) is 71.3 Å². The Morgan fingerprint density at radius 1 is 1.00 bits per heavy atom. The van der Waals surface area contributed by atoms with Crippen LogP contribution in [-0.4, -0.2) is 18.0 Å². The van der Waals surface area contributed by atoms with Crippen molar-refractivity contribution >= 4 is 11.9 Å². The molecule has 2 aromatic carbocycles. The highest BCUT2D eigenvalue weighted by Gasteiger charge is 2.35. The Balaban J connectivity index is 1.50. The first-order chi connectivity index (χ1) is 13.6. The second-order valence-electron chi connectivity index (χ2n) is 6.49. The highest BCUT2D eigenvalue weighted by molar-refractivity contribution is 5.89. The van der Waals surface area contributed by atoms with E-state index in [4.69, 9.17) is 13.9 Å². The topological polar surface area (TPSA) is 77.8 Å². The van der Waals surface area contributed by atoms with Crippen molar-refractivity contribution in [3.8, 4) is 11.5 Å². The van der Waals surface area contributed by atoms with E-state index in [9.17, 15) is 9.59 Å². The van der Waals surface area contributed by atoms with Gasteiger partial charge in [-0.15, -0.1) is 0 Å². The summed E-state index contributed by atoms with van der Waals surface area (Å²) in [5.41, 5.74) is 1.43. The van der Waals surface area contributed by atoms with Gasteiger partial charge in [0.25, 0.3) is 5.91 Å². The Morgan fingerprint density at radius 2 is 1.64 bits per heavy atom. The molecule has 0 saturated heterocycles. The molecule has 1 unspecified atom stereocenters. The minimum absolute atomic E-state index is 0.233. The fourth-order valence-corrected chi connectivity index (χ4v) is 3.19. The summed E-state index contributed by atoms with van der Waals surface area (Å²) < 4.78 is 16.6. The van der Waals surface area contributed by atoms with Crippen LogP contribution in [-0.2, 0) is 20.9 Å². The molecular formula is C22H19NO5. The van der Waals surface area contributed by atoms with E-state index in [0.717, 1.165) is 11.1 Å². The molecule has 6 nitrogen and oxygen atoms in total. The van der Waals surface area contributed by atoms with Gasteiger partial charge < -0.3 is 19.2 Å². The summed E-state index contributed by atoms with van der Waals surface area (Å²) in [5.74, 6) is 0.305. The fraction of sp³-hybridized carbons (Fsp3) is 0.182. The van der Waals surface area contributed by atoms with Gasteiger partial charge in [-0.05, 0) is 31.2 Å². The van der Waals surface area contributed by atoms with Crippen molar-refractivity contribution < 1.29 is 23.5 Å². The zero-order valence-corrected chi connectivity index (χ0v) is 15.3. The predicted octanol–water partition coefficient (Wildman–Crippen LogP) is 3.77. The molecule has 1 aromatic heterocycles. The third-order valence-electron chi connectivity index (χ3n) is 4.59. The molecule has 28 heavy (non-hydrogen) atoms. The fourth-order valence-electron chi connectivity index (χ4n) is 3.19. The van der Waals surface area contributed by atoms with Gasteiger partial charge in [0.15, 0.2) is 6.10 Å². The van der Waals surface area contributed by atoms with Gasteiger partial charge in [-0.1, -0.05) is 36.4 Å². The van der Waals surface area contributed by atoms with Crippen LogP contribution in [0.1, 0.15) is 29.7 Å². The SMILES string of the molecule is CC(OC(=O)C1c2ccccc2Oc2ccccc21)C(=O)NCc1ccco1. The number of ether oxygens (including phenoxy) is 2. The quantitative estimate of drug-likeness (QED) is 0.685. The number of benzene rings is 2. The number of furan rings is 1. The molecule has 0 saturated carbocycles. The molecule has 1 amide bonds. The summed E-state index contributed by atoms with van der Waals surface area (Å²) in [6.07, 6.45) is 0.593. The first-order valence-electron chi connectivity index (χ1n) is 9.00. The lowest BCUT2D eigenvalue weighted by Gasteiger charge is -2.27. The molecule has 0 bridgehead atoms. The van der Waals surface area contributed by atoms with Crippen molar-refractivity contribution in [2.45, 2.75) is 25.5 Å². The van der Waals surface area contributed by atoms with Gasteiger partial charge in [0.1, 0.15) is 23.2 Å². The van der Waals surface area contributed by atoms with Gasteiger partial charge in [0, 0.05) is 11.1 Å². The van der Waals surface area contributed by atoms with Crippen LogP contribution in [0.25, 0.3) is 0 Å². The zero-order chi connectivity index (χ0) is 19.5. The number of para-hydroxylation sites is 2. The van der Waals surface area contributed by atoms with Gasteiger partial charge in [0.2, 0.25) is 0 Å². The number of nitrogens with one attached hydrogen (secondary N) is 1. The summed E-state index contributed by atoms with van der Waals surface area (Å²) >= 11 is 0. The number of esters is 1. The predicted molar refractivity (Wildman–Crippen MR) is 101 cm³/mol. The highest BCUT2D eigenvalue weighted by Crippen LogP contribution is 2.44. The van der Waals surface area contributed by atoms with Gasteiger partial charge in [-0.25, -0.2) is 0 Å². The van der Waals surface area contributed by atoms with Crippen LogP contribution >= 0.6 is 0 Å². The standard InChI is InChI=1S/C22H19NO5/c1-14(21(24)23-13-15-7-6-12-26-15)27-22(25)20-16-8-2-4-10-18(16)28-19-11-5-3-9-17(19)20/h2-12,14,20H,13H2,1H3,(H,23,24). The van der Waals surface area contributed by atoms with E-state index < -0.39 is 23.9 Å². The molecule has 2 heterocycles. The van der Waals surface area contributed by atoms with Crippen molar-refractivity contribution in [1.82, 2.24) is 5.32 Å². The molecule has 1 aliphatic rings. The molecule has 142 valence electrons. The Labute approximate surface area is 162 Å². The first-order valence-corrected chi connectivity index (χ1v) is 9.00. The number of carbonyl (C=O) groups is 2. The second kappa shape index (κ2) is 7.60. The van der Waals surface area contributed by atoms with Crippen LogP contribution in [0, 0.1) is 0 Å². The summed E-state index contributed by atoms with van der Waals surface area (Å²) in [6, 6.07) is 18.2. The summed E-state index contributed by atoms with van der Waals surface area (Å²) in [7, 11) is 0. The van der Waals surface area contributed by atoms with Crippen molar-refractivity contribution in [2.75, 3.05) is 0 Å². The maximum atomic E-state index is 13.0. The molecule has 6 heteroatoms. The third kappa shape index (κ3) is 3.49. The minimum Gasteiger partial charge on any atom is -0.467 e. The van der Waals surface area contributed by atoms with Gasteiger partial charge in [0.05, 0.1) is 12.8 Å². The minimum atomic E-state index is -0.940. The third-order valence-corrected chi connectivity index (χ3v) is 4.59. The molecule has 0 spiro atoms. The number of hydrogen-bond donors (Lipinski definition) is 1. The maximum absolute atomic E-state index is 13.0. The largest absolute Gasteiger partial charge is 0.467 e. The van der Waals surface area contributed by atoms with E-state index in [2.05, 4.69) is 5.32 Å². The summed E-state index contributed by atoms with van der Waals surface area (Å²) in [5, 5.41) is 2.70. The number of amides is 1. The summed E-state index contributed by atoms with van der Waals surface area (Å²) in [4.78, 5) is 25.3. The van der Waals surface area contributed by atoms with E-state index >= 15 is 0 Å². The van der Waals surface area contributed by atoms with E-state index in [1.54, 1.807) is 19.1 Å². The normalized spacial score (nSPS) is 13.6. The average molecular weight is 377 g/mol. The molecule has 0 radical (unpaired) electrons. The maximum Gasteiger partial charge on any atom is 0.318 e. The lowest BCUT2D eigenvalue weighted by molar-refractivity contribution is -0.155. The van der Waals surface area contributed by atoms with Crippen molar-refractivity contribution in [1.29, 1.82) is 0 Å². The Hall–Kier alpha value is -3.54. The van der Waals surface area contributed by atoms with Crippen molar-refractivity contribution in [2.24, 2.45) is 0 Å². The molecule has 0 aliphatic carbocycles. The lowest BCUT2D eigenvalue weighted by atomic mass is 9.88. The Kier molecular flexibility index (Phi) is 4.85. The van der Waals surface area contributed by atoms with E-state index in [-0.39, 0.29) is 6.54 Å². The molecular weight excluding hydrogens is 358 g/mol. The van der Waals surface area contributed by atoms with E-state index in [1.165, 1.54) is 6.26 Å². The molecule has 1 atom stereocenters. The van der Waals surface area contributed by atoms with Crippen LogP contribution in [0.3, 0.4) is 0 Å². The van der Waals surface area contributed by atoms with E-state index in [1.807, 2.05) is 48.5 Å². The molecule has 4 rings (SSSR count). The first kappa shape index (κ1) is 17.9. The van der Waals surface area contributed by atoms with Crippen LogP contribution in [0.5, 0.6) is 11.5 Å². The van der Waals surface area contributed by atoms with Crippen molar-refractivity contribution in [3.05, 3.63) is 83.8 Å². The number of fused-ring (bicyclic) bond motifs is 2. The number of carbonyl (C=O) groups excluding carboxylic acids is 2. The Morgan fingerprint density at radius 3 is 2.25 bits per heavy atom. The monoisotopic (exact) mass is 377 g/mol. The van der Waals surface area contributed by atoms with Gasteiger partial charge >= 0.3 is 5.97 Å². The molecule has 0 fully saturated rings. The zero-order valence-electron chi connectivity index (χ0n) is 15.3. The molecule has 1 N–H and O–H groups in total. The summed E-state index contributed by atoms with van der Waals surface area (Å²) in [6.45, 7) is 1.78. The number of rotatable bonds is 5. The van der Waals surface area contributed by atoms with Crippen LogP contribution < -0.4 is 10.1 Å². The van der Waals surface area contributed by atoms with Gasteiger partial charge in [-0.3, -0.25) is 9.59 Å². The Bertz CT molecular complexity index is 950. The van der Waals surface area contributed by atoms with Crippen LogP contribution in [0.2, 0.25) is 0 Å². The van der Waals surface area contributed by atoms with E-state index in [0.29, 0.717) is 17.3 Å². The second-order valence-corrected chi connectivity index (χ2v) is 6.49. The van der Waals surface area contributed by atoms with Gasteiger partial charge in [-0.2, -0.15) is 0 Å². The molecule has 3 aromatic rings. The molecule has 1 aliphatic heterocycles.